The molecule has 1 aliphatic heterocycles. The smallest absolute Gasteiger partial charge is 0.224 e. The molecule has 0 aromatic heterocycles. The van der Waals surface area contributed by atoms with E-state index < -0.39 is 0 Å². The third-order valence-electron chi connectivity index (χ3n) is 3.60. The van der Waals surface area contributed by atoms with Crippen LogP contribution in [0, 0.1) is 0 Å². The molecule has 0 spiro atoms. The molecule has 120 valence electrons. The van der Waals surface area contributed by atoms with Crippen LogP contribution in [0.5, 0.6) is 11.5 Å². The van der Waals surface area contributed by atoms with E-state index in [9.17, 15) is 4.79 Å². The van der Waals surface area contributed by atoms with Gasteiger partial charge in [-0.1, -0.05) is 29.8 Å². The summed E-state index contributed by atoms with van der Waals surface area (Å²) in [5.41, 5.74) is 2.02. The molecular weight excluding hydrogens is 314 g/mol. The second-order valence-electron chi connectivity index (χ2n) is 5.38. The van der Waals surface area contributed by atoms with Crippen molar-refractivity contribution >= 4 is 17.5 Å². The van der Waals surface area contributed by atoms with Crippen molar-refractivity contribution in [3.05, 3.63) is 58.6 Å². The highest BCUT2D eigenvalue weighted by atomic mass is 35.5. The molecule has 23 heavy (non-hydrogen) atoms. The lowest BCUT2D eigenvalue weighted by Gasteiger charge is -2.18. The maximum Gasteiger partial charge on any atom is 0.224 e. The molecule has 0 fully saturated rings. The molecule has 1 amide bonds. The van der Waals surface area contributed by atoms with Gasteiger partial charge < -0.3 is 14.8 Å². The summed E-state index contributed by atoms with van der Waals surface area (Å²) in [5, 5.41) is 3.57. The van der Waals surface area contributed by atoms with Gasteiger partial charge in [0.25, 0.3) is 0 Å². The molecule has 0 unspecified atom stereocenters. The van der Waals surface area contributed by atoms with E-state index in [1.165, 1.54) is 0 Å². The lowest BCUT2D eigenvalue weighted by Crippen LogP contribution is -2.27. The zero-order valence-corrected chi connectivity index (χ0v) is 13.4. The highest BCUT2D eigenvalue weighted by Gasteiger charge is 2.11. The molecule has 1 N–H and O–H groups in total. The summed E-state index contributed by atoms with van der Waals surface area (Å²) < 4.78 is 11.0. The van der Waals surface area contributed by atoms with E-state index in [4.69, 9.17) is 21.1 Å². The fourth-order valence-electron chi connectivity index (χ4n) is 2.48. The molecule has 1 heterocycles. The Balaban J connectivity index is 1.48. The fraction of sp³-hybridized carbons (Fsp3) is 0.278. The third kappa shape index (κ3) is 4.39. The Morgan fingerprint density at radius 3 is 2.70 bits per heavy atom. The largest absolute Gasteiger partial charge is 0.486 e. The van der Waals surface area contributed by atoms with Crippen molar-refractivity contribution in [2.45, 2.75) is 12.8 Å². The van der Waals surface area contributed by atoms with Crippen LogP contribution in [-0.2, 0) is 17.6 Å². The summed E-state index contributed by atoms with van der Waals surface area (Å²) in [5.74, 6) is 1.55. The number of ether oxygens (including phenoxy) is 2. The van der Waals surface area contributed by atoms with Gasteiger partial charge in [0.05, 0.1) is 6.42 Å². The summed E-state index contributed by atoms with van der Waals surface area (Å²) in [4.78, 5) is 11.9. The molecule has 2 aromatic rings. The second kappa shape index (κ2) is 7.38. The summed E-state index contributed by atoms with van der Waals surface area (Å²) in [6.45, 7) is 1.75. The zero-order valence-electron chi connectivity index (χ0n) is 12.7. The minimum atomic E-state index is -0.00944. The van der Waals surface area contributed by atoms with E-state index in [0.29, 0.717) is 31.2 Å². The Labute approximate surface area is 140 Å². The first-order chi connectivity index (χ1) is 11.2. The van der Waals surface area contributed by atoms with E-state index in [0.717, 1.165) is 29.0 Å². The van der Waals surface area contributed by atoms with Crippen LogP contribution in [-0.4, -0.2) is 25.7 Å². The predicted molar refractivity (Wildman–Crippen MR) is 89.3 cm³/mol. The van der Waals surface area contributed by atoms with Gasteiger partial charge in [-0.3, -0.25) is 4.79 Å². The predicted octanol–water partition coefficient (Wildman–Crippen LogP) is 3.01. The topological polar surface area (TPSA) is 47.6 Å². The highest BCUT2D eigenvalue weighted by Crippen LogP contribution is 2.30. The number of rotatable bonds is 5. The molecule has 1 aliphatic rings. The van der Waals surface area contributed by atoms with E-state index >= 15 is 0 Å². The number of amides is 1. The molecule has 0 bridgehead atoms. The van der Waals surface area contributed by atoms with Gasteiger partial charge in [0.1, 0.15) is 13.2 Å². The van der Waals surface area contributed by atoms with Crippen LogP contribution in [0.3, 0.4) is 0 Å². The fourth-order valence-corrected chi connectivity index (χ4v) is 2.70. The Kier molecular flexibility index (Phi) is 5.03. The summed E-state index contributed by atoms with van der Waals surface area (Å²) in [6.07, 6.45) is 1.08. The van der Waals surface area contributed by atoms with Crippen LogP contribution in [0.15, 0.2) is 42.5 Å². The van der Waals surface area contributed by atoms with Gasteiger partial charge >= 0.3 is 0 Å². The molecule has 0 saturated heterocycles. The summed E-state index contributed by atoms with van der Waals surface area (Å²) in [6, 6.07) is 13.2. The number of benzene rings is 2. The monoisotopic (exact) mass is 331 g/mol. The van der Waals surface area contributed by atoms with E-state index in [1.54, 1.807) is 6.07 Å². The van der Waals surface area contributed by atoms with Crippen molar-refractivity contribution < 1.29 is 14.3 Å². The van der Waals surface area contributed by atoms with E-state index in [-0.39, 0.29) is 5.91 Å². The molecule has 3 rings (SSSR count). The zero-order chi connectivity index (χ0) is 16.1. The normalized spacial score (nSPS) is 12.7. The Morgan fingerprint density at radius 1 is 1.04 bits per heavy atom. The minimum absolute atomic E-state index is 0.00944. The van der Waals surface area contributed by atoms with Crippen molar-refractivity contribution in [2.24, 2.45) is 0 Å². The van der Waals surface area contributed by atoms with Gasteiger partial charge in [-0.2, -0.15) is 0 Å². The van der Waals surface area contributed by atoms with Crippen molar-refractivity contribution in [1.29, 1.82) is 0 Å². The standard InChI is InChI=1S/C18H18ClNO3/c19-15-3-1-2-14(10-15)12-18(21)20-7-6-13-4-5-16-17(11-13)23-9-8-22-16/h1-5,10-11H,6-9,12H2,(H,20,21). The molecule has 0 saturated carbocycles. The molecule has 0 atom stereocenters. The lowest BCUT2D eigenvalue weighted by molar-refractivity contribution is -0.120. The number of carbonyl (C=O) groups is 1. The molecule has 5 heteroatoms. The molecule has 4 nitrogen and oxygen atoms in total. The number of halogens is 1. The molecule has 0 aliphatic carbocycles. The van der Waals surface area contributed by atoms with Crippen molar-refractivity contribution in [1.82, 2.24) is 5.32 Å². The first kappa shape index (κ1) is 15.7. The SMILES string of the molecule is O=C(Cc1cccc(Cl)c1)NCCc1ccc2c(c1)OCCO2. The van der Waals surface area contributed by atoms with E-state index in [1.807, 2.05) is 36.4 Å². The quantitative estimate of drug-likeness (QED) is 0.916. The summed E-state index contributed by atoms with van der Waals surface area (Å²) >= 11 is 5.92. The van der Waals surface area contributed by atoms with Crippen LogP contribution in [0.4, 0.5) is 0 Å². The average molecular weight is 332 g/mol. The first-order valence-electron chi connectivity index (χ1n) is 7.60. The summed E-state index contributed by atoms with van der Waals surface area (Å²) in [7, 11) is 0. The van der Waals surface area contributed by atoms with Crippen LogP contribution < -0.4 is 14.8 Å². The van der Waals surface area contributed by atoms with E-state index in [2.05, 4.69) is 5.32 Å². The molecule has 2 aromatic carbocycles. The number of hydrogen-bond acceptors (Lipinski definition) is 3. The third-order valence-corrected chi connectivity index (χ3v) is 3.83. The Hall–Kier alpha value is -2.20. The maximum atomic E-state index is 11.9. The lowest BCUT2D eigenvalue weighted by atomic mass is 10.1. The number of fused-ring (bicyclic) bond motifs is 1. The maximum absolute atomic E-state index is 11.9. The van der Waals surface area contributed by atoms with Gasteiger partial charge in [-0.25, -0.2) is 0 Å². The van der Waals surface area contributed by atoms with Crippen molar-refractivity contribution in [3.63, 3.8) is 0 Å². The van der Waals surface area contributed by atoms with Gasteiger partial charge in [0.2, 0.25) is 5.91 Å². The molecule has 0 radical (unpaired) electrons. The minimum Gasteiger partial charge on any atom is -0.486 e. The van der Waals surface area contributed by atoms with Crippen LogP contribution in [0.2, 0.25) is 5.02 Å². The van der Waals surface area contributed by atoms with Crippen LogP contribution >= 0.6 is 11.6 Å². The van der Waals surface area contributed by atoms with Crippen molar-refractivity contribution in [3.8, 4) is 11.5 Å². The first-order valence-corrected chi connectivity index (χ1v) is 7.98. The number of carbonyl (C=O) groups excluding carboxylic acids is 1. The Morgan fingerprint density at radius 2 is 1.87 bits per heavy atom. The van der Waals surface area contributed by atoms with Gasteiger partial charge in [0, 0.05) is 11.6 Å². The number of hydrogen-bond donors (Lipinski definition) is 1. The van der Waals surface area contributed by atoms with Crippen LogP contribution in [0.1, 0.15) is 11.1 Å². The van der Waals surface area contributed by atoms with Gasteiger partial charge in [-0.15, -0.1) is 0 Å². The van der Waals surface area contributed by atoms with Gasteiger partial charge in [-0.05, 0) is 41.8 Å². The number of nitrogens with one attached hydrogen (secondary N) is 1. The Bertz CT molecular complexity index is 702. The van der Waals surface area contributed by atoms with Gasteiger partial charge in [0.15, 0.2) is 11.5 Å². The highest BCUT2D eigenvalue weighted by molar-refractivity contribution is 6.30. The van der Waals surface area contributed by atoms with Crippen LogP contribution in [0.25, 0.3) is 0 Å². The second-order valence-corrected chi connectivity index (χ2v) is 5.82. The molecular formula is C18H18ClNO3. The van der Waals surface area contributed by atoms with Crippen molar-refractivity contribution in [2.75, 3.05) is 19.8 Å². The average Bonchev–Trinajstić information content (AvgIpc) is 2.55.